The van der Waals surface area contributed by atoms with Gasteiger partial charge in [-0.05, 0) is 173 Å². The maximum Gasteiger partial charge on any atom is 0.230 e. The quantitative estimate of drug-likeness (QED) is 0.127. The van der Waals surface area contributed by atoms with Crippen molar-refractivity contribution in [2.45, 2.75) is 34.8 Å². The molecule has 16 aromatic rings. The van der Waals surface area contributed by atoms with Crippen LogP contribution in [0.25, 0.3) is 112 Å². The number of ether oxygens (including phenoxy) is 2. The smallest absolute Gasteiger partial charge is 0.230 e. The normalized spacial score (nSPS) is 14.1. The van der Waals surface area contributed by atoms with Crippen LogP contribution in [0.4, 0.5) is 22.7 Å². The van der Waals surface area contributed by atoms with Gasteiger partial charge in [-0.3, -0.25) is 9.80 Å². The lowest BCUT2D eigenvalue weighted by Gasteiger charge is -2.31. The average Bonchev–Trinajstić information content (AvgIpc) is 1.53. The first-order chi connectivity index (χ1) is 46.8. The van der Waals surface area contributed by atoms with Crippen LogP contribution in [0.5, 0.6) is 11.5 Å². The van der Waals surface area contributed by atoms with E-state index in [1.54, 1.807) is 23.5 Å². The summed E-state index contributed by atoms with van der Waals surface area (Å²) in [5.41, 5.74) is 17.5. The van der Waals surface area contributed by atoms with Gasteiger partial charge in [0.05, 0.1) is 60.2 Å². The van der Waals surface area contributed by atoms with E-state index in [2.05, 4.69) is 253 Å². The van der Waals surface area contributed by atoms with E-state index < -0.39 is 11.1 Å². The van der Waals surface area contributed by atoms with Gasteiger partial charge in [0, 0.05) is 63.5 Å². The molecule has 5 heterocycles. The number of hydrogen-bond acceptors (Lipinski definition) is 10. The number of fused-ring (bicyclic) bond motifs is 13. The van der Waals surface area contributed by atoms with Crippen LogP contribution in [0.3, 0.4) is 0 Å². The Morgan fingerprint density at radius 2 is 0.832 bits per heavy atom. The number of nitrogens with zero attached hydrogens (tertiary/aromatic N) is 5. The summed E-state index contributed by atoms with van der Waals surface area (Å²) in [4.78, 5) is 6.98. The zero-order chi connectivity index (χ0) is 63.4. The third kappa shape index (κ3) is 9.37. The Balaban J connectivity index is 0.995. The zero-order valence-corrected chi connectivity index (χ0v) is 54.6. The van der Waals surface area contributed by atoms with Crippen molar-refractivity contribution in [1.29, 1.82) is 10.5 Å². The Labute approximate surface area is 565 Å². The Hall–Kier alpha value is -11.0. The molecule has 0 saturated carbocycles. The number of aromatic nitrogens is 1. The number of nitriles is 2. The molecular weight excluding hydrogens is 1240 g/mol. The molecule has 450 valence electrons. The highest BCUT2D eigenvalue weighted by atomic mass is 32.2. The number of para-hydroxylation sites is 2. The number of aryl methyl sites for hydroxylation is 2. The largest absolute Gasteiger partial charge is 0.459 e. The van der Waals surface area contributed by atoms with Crippen LogP contribution in [-0.2, 0) is 0 Å². The van der Waals surface area contributed by atoms with Gasteiger partial charge in [0.2, 0.25) is 11.1 Å². The molecule has 0 fully saturated rings. The maximum atomic E-state index is 10.4. The Bertz CT molecular complexity index is 5810. The molecule has 0 aliphatic carbocycles. The second-order valence-electron chi connectivity index (χ2n) is 24.1. The minimum absolute atomic E-state index is 0.510. The predicted molar refractivity (Wildman–Crippen MR) is 398 cm³/mol. The fourth-order valence-electron chi connectivity index (χ4n) is 14.3. The van der Waals surface area contributed by atoms with Crippen molar-refractivity contribution in [2.24, 2.45) is 0 Å². The van der Waals surface area contributed by atoms with Crippen LogP contribution in [0.2, 0.25) is 0 Å². The number of thiophene rings is 2. The molecule has 0 bridgehead atoms. The highest BCUT2D eigenvalue weighted by molar-refractivity contribution is 8.00. The van der Waals surface area contributed by atoms with Crippen molar-refractivity contribution >= 4 is 131 Å². The molecule has 0 saturated heterocycles. The van der Waals surface area contributed by atoms with Gasteiger partial charge in [-0.1, -0.05) is 193 Å². The van der Waals surface area contributed by atoms with Crippen LogP contribution < -0.4 is 19.3 Å². The summed E-state index contributed by atoms with van der Waals surface area (Å²) < 4.78 is 21.7. The number of rotatable bonds is 11. The molecule has 0 spiro atoms. The van der Waals surface area contributed by atoms with Crippen molar-refractivity contribution in [3.8, 4) is 73.8 Å². The molecule has 2 aliphatic heterocycles. The number of thioether (sulfide) groups is 2. The van der Waals surface area contributed by atoms with Gasteiger partial charge >= 0.3 is 0 Å². The summed E-state index contributed by atoms with van der Waals surface area (Å²) in [5.74, 6) is 1.68. The molecule has 0 N–H and O–H groups in total. The molecule has 18 rings (SSSR count). The van der Waals surface area contributed by atoms with E-state index in [0.29, 0.717) is 11.1 Å². The molecule has 3 aromatic heterocycles. The van der Waals surface area contributed by atoms with Crippen LogP contribution in [-0.4, -0.2) is 15.7 Å². The minimum Gasteiger partial charge on any atom is -0.459 e. The zero-order valence-electron chi connectivity index (χ0n) is 51.3. The highest BCUT2D eigenvalue weighted by Crippen LogP contribution is 2.58. The topological polar surface area (TPSA) is 77.4 Å². The minimum atomic E-state index is -0.517. The molecule has 13 aromatic carbocycles. The Morgan fingerprint density at radius 3 is 1.37 bits per heavy atom. The third-order valence-electron chi connectivity index (χ3n) is 18.5. The average molecular weight is 1290 g/mol. The number of benzene rings is 13. The molecule has 95 heavy (non-hydrogen) atoms. The molecule has 2 aliphatic rings. The third-order valence-corrected chi connectivity index (χ3v) is 23.1. The van der Waals surface area contributed by atoms with E-state index in [0.717, 1.165) is 143 Å². The van der Waals surface area contributed by atoms with Gasteiger partial charge < -0.3 is 14.0 Å². The Kier molecular flexibility index (Phi) is 13.7. The lowest BCUT2D eigenvalue weighted by atomic mass is 9.95. The number of anilines is 4. The van der Waals surface area contributed by atoms with Gasteiger partial charge in [0.1, 0.15) is 11.5 Å². The van der Waals surface area contributed by atoms with E-state index in [4.69, 9.17) is 9.47 Å². The summed E-state index contributed by atoms with van der Waals surface area (Å²) in [5, 5.41) is 27.8. The summed E-state index contributed by atoms with van der Waals surface area (Å²) >= 11 is 7.11. The standard InChI is InChI=1S/C84H53N5O2S4/c1-50-41-58(37-39-61(50)63-27-11-9-25-54(63)48-85)88(83-90-71-31-15-19-35-75(71)94-83)67-46-69-80(82-77(67)65-29-13-17-33-73(65)93-82)79-68(87(69)60-44-56(52-21-5-3-6-22-52)43-57(45-60)53-23-7-4-8-24-53)47-70(81-78(79)66-30-14-18-34-74(66)92-81)89(84-91-72-32-16-20-36-76(72)95-84)59-38-40-62(51(2)42-59)64-28-12-10-26-55(64)49-86/h3-47,83-84H,1-2H3. The first kappa shape index (κ1) is 56.7. The van der Waals surface area contributed by atoms with E-state index in [1.165, 1.54) is 24.9 Å². The fraction of sp³-hybridized carbons (Fsp3) is 0.0476. The number of hydrogen-bond donors (Lipinski definition) is 0. The van der Waals surface area contributed by atoms with Gasteiger partial charge in [-0.2, -0.15) is 10.5 Å². The first-order valence-corrected chi connectivity index (χ1v) is 34.9. The van der Waals surface area contributed by atoms with Gasteiger partial charge in [-0.25, -0.2) is 0 Å². The van der Waals surface area contributed by atoms with Crippen molar-refractivity contribution in [2.75, 3.05) is 9.80 Å². The van der Waals surface area contributed by atoms with E-state index >= 15 is 0 Å². The molecule has 7 nitrogen and oxygen atoms in total. The molecule has 0 radical (unpaired) electrons. The van der Waals surface area contributed by atoms with E-state index in [1.807, 2.05) is 83.3 Å². The van der Waals surface area contributed by atoms with Gasteiger partial charge in [-0.15, -0.1) is 22.7 Å². The van der Waals surface area contributed by atoms with Crippen molar-refractivity contribution in [3.63, 3.8) is 0 Å². The van der Waals surface area contributed by atoms with Crippen molar-refractivity contribution in [3.05, 3.63) is 295 Å². The van der Waals surface area contributed by atoms with E-state index in [9.17, 15) is 10.5 Å². The maximum absolute atomic E-state index is 10.4. The van der Waals surface area contributed by atoms with Gasteiger partial charge in [0.15, 0.2) is 0 Å². The molecule has 2 unspecified atom stereocenters. The van der Waals surface area contributed by atoms with E-state index in [-0.39, 0.29) is 0 Å². The fourth-order valence-corrected chi connectivity index (χ4v) is 18.9. The SMILES string of the molecule is Cc1cc(N(c2cc3c(c4c2sc2ccccc24)c2c4sc5ccccc5c4c(N(c4ccc(-c5ccccc5C#N)c(C)c4)C4Oc5ccccc5S4)cc2n3-c2cc(-c3ccccc3)cc(-c3ccccc3)c2)C2Oc3ccccc3S2)ccc1-c1ccccc1C#N. The second kappa shape index (κ2) is 22.9. The second-order valence-corrected chi connectivity index (χ2v) is 28.3. The Morgan fingerprint density at radius 1 is 0.379 bits per heavy atom. The first-order valence-electron chi connectivity index (χ1n) is 31.5. The summed E-state index contributed by atoms with van der Waals surface area (Å²) in [7, 11) is 0. The molecule has 0 amide bonds. The monoisotopic (exact) mass is 1290 g/mol. The summed E-state index contributed by atoms with van der Waals surface area (Å²) in [6, 6.07) is 102. The van der Waals surface area contributed by atoms with Crippen LogP contribution >= 0.6 is 46.2 Å². The summed E-state index contributed by atoms with van der Waals surface area (Å²) in [6.07, 6.45) is 0. The van der Waals surface area contributed by atoms with Crippen LogP contribution in [0.1, 0.15) is 22.3 Å². The highest BCUT2D eigenvalue weighted by Gasteiger charge is 2.37. The van der Waals surface area contributed by atoms with Crippen molar-refractivity contribution in [1.82, 2.24) is 4.57 Å². The lowest BCUT2D eigenvalue weighted by Crippen LogP contribution is -2.31. The van der Waals surface area contributed by atoms with Gasteiger partial charge in [0.25, 0.3) is 0 Å². The van der Waals surface area contributed by atoms with Crippen LogP contribution in [0, 0.1) is 36.5 Å². The van der Waals surface area contributed by atoms with Crippen LogP contribution in [0.15, 0.2) is 283 Å². The lowest BCUT2D eigenvalue weighted by molar-refractivity contribution is 0.300. The molecule has 2 atom stereocenters. The van der Waals surface area contributed by atoms with Crippen molar-refractivity contribution < 1.29 is 9.47 Å². The molecular formula is C84H53N5O2S4. The molecule has 11 heteroatoms. The predicted octanol–water partition coefficient (Wildman–Crippen LogP) is 23.8. The summed E-state index contributed by atoms with van der Waals surface area (Å²) in [6.45, 7) is 4.30.